The van der Waals surface area contributed by atoms with Gasteiger partial charge in [-0.05, 0) is 36.4 Å². The van der Waals surface area contributed by atoms with Gasteiger partial charge in [0.1, 0.15) is 5.82 Å². The molecule has 0 atom stereocenters. The Bertz CT molecular complexity index is 802. The fourth-order valence-electron chi connectivity index (χ4n) is 1.72. The number of aromatic nitrogens is 1. The number of rotatable bonds is 6. The minimum atomic E-state index is -3.56. The van der Waals surface area contributed by atoms with Crippen molar-refractivity contribution in [2.75, 3.05) is 31.2 Å². The summed E-state index contributed by atoms with van der Waals surface area (Å²) >= 11 is 0. The van der Waals surface area contributed by atoms with Crippen molar-refractivity contribution in [2.24, 2.45) is 0 Å². The smallest absolute Gasteiger partial charge is 0.337 e. The highest BCUT2D eigenvalue weighted by Gasteiger charge is 2.13. The number of anilines is 3. The van der Waals surface area contributed by atoms with Crippen LogP contribution in [0, 0.1) is 0 Å². The first-order valence-corrected chi connectivity index (χ1v) is 8.37. The molecule has 2 rings (SSSR count). The van der Waals surface area contributed by atoms with Crippen LogP contribution in [0.1, 0.15) is 10.4 Å². The number of nitrogens with one attached hydrogen (secondary N) is 2. The zero-order chi connectivity index (χ0) is 17.7. The highest BCUT2D eigenvalue weighted by Crippen LogP contribution is 2.18. The van der Waals surface area contributed by atoms with Crippen LogP contribution in [0.3, 0.4) is 0 Å². The van der Waals surface area contributed by atoms with Gasteiger partial charge in [-0.3, -0.25) is 4.72 Å². The van der Waals surface area contributed by atoms with Gasteiger partial charge in [0.15, 0.2) is 0 Å². The molecule has 9 heteroatoms. The minimum absolute atomic E-state index is 0.357. The predicted molar refractivity (Wildman–Crippen MR) is 91.5 cm³/mol. The maximum Gasteiger partial charge on any atom is 0.337 e. The third-order valence-corrected chi connectivity index (χ3v) is 4.52. The summed E-state index contributed by atoms with van der Waals surface area (Å²) in [7, 11) is 0.633. The molecule has 1 aromatic carbocycles. The number of benzene rings is 1. The van der Waals surface area contributed by atoms with E-state index in [-0.39, 0.29) is 0 Å². The quantitative estimate of drug-likeness (QED) is 0.771. The van der Waals surface area contributed by atoms with Crippen molar-refractivity contribution in [3.8, 4) is 0 Å². The Morgan fingerprint density at radius 2 is 1.71 bits per heavy atom. The van der Waals surface area contributed by atoms with Gasteiger partial charge in [-0.1, -0.05) is 0 Å². The van der Waals surface area contributed by atoms with Crippen LogP contribution in [0.15, 0.2) is 42.6 Å². The monoisotopic (exact) mass is 350 g/mol. The zero-order valence-corrected chi connectivity index (χ0v) is 14.3. The van der Waals surface area contributed by atoms with E-state index in [2.05, 4.69) is 19.8 Å². The van der Waals surface area contributed by atoms with Gasteiger partial charge in [0, 0.05) is 19.8 Å². The number of carbonyl (C=O) groups excluding carboxylic acids is 1. The molecule has 0 radical (unpaired) electrons. The van der Waals surface area contributed by atoms with Crippen molar-refractivity contribution >= 4 is 33.4 Å². The van der Waals surface area contributed by atoms with Gasteiger partial charge in [-0.2, -0.15) is 12.7 Å². The van der Waals surface area contributed by atoms with Gasteiger partial charge >= 0.3 is 16.2 Å². The molecule has 2 aromatic rings. The largest absolute Gasteiger partial charge is 0.465 e. The number of esters is 1. The first-order valence-electron chi connectivity index (χ1n) is 6.93. The normalized spacial score (nSPS) is 11.2. The summed E-state index contributed by atoms with van der Waals surface area (Å²) in [6, 6.07) is 9.94. The Labute approximate surface area is 140 Å². The Morgan fingerprint density at radius 1 is 1.08 bits per heavy atom. The number of ether oxygens (including phenoxy) is 1. The van der Waals surface area contributed by atoms with Gasteiger partial charge in [0.25, 0.3) is 0 Å². The maximum atomic E-state index is 11.7. The summed E-state index contributed by atoms with van der Waals surface area (Å²) < 4.78 is 31.5. The average Bonchev–Trinajstić information content (AvgIpc) is 2.56. The van der Waals surface area contributed by atoms with E-state index in [0.717, 1.165) is 9.99 Å². The molecule has 1 aromatic heterocycles. The molecule has 128 valence electrons. The van der Waals surface area contributed by atoms with Crippen molar-refractivity contribution < 1.29 is 17.9 Å². The van der Waals surface area contributed by atoms with Crippen molar-refractivity contribution in [3.63, 3.8) is 0 Å². The van der Waals surface area contributed by atoms with E-state index in [0.29, 0.717) is 17.1 Å². The lowest BCUT2D eigenvalue weighted by Crippen LogP contribution is -2.28. The molecule has 0 amide bonds. The third kappa shape index (κ3) is 4.43. The molecule has 0 spiro atoms. The van der Waals surface area contributed by atoms with E-state index in [1.54, 1.807) is 36.4 Å². The Balaban J connectivity index is 2.05. The number of pyridine rings is 1. The SMILES string of the molecule is COC(=O)c1ccc(Nc2ccc(NS(=O)(=O)N(C)C)cn2)cc1. The van der Waals surface area contributed by atoms with E-state index in [9.17, 15) is 13.2 Å². The van der Waals surface area contributed by atoms with E-state index in [4.69, 9.17) is 0 Å². The second-order valence-electron chi connectivity index (χ2n) is 5.02. The third-order valence-electron chi connectivity index (χ3n) is 3.07. The Hall–Kier alpha value is -2.65. The summed E-state index contributed by atoms with van der Waals surface area (Å²) in [5, 5.41) is 3.05. The highest BCUT2D eigenvalue weighted by molar-refractivity contribution is 7.90. The molecule has 24 heavy (non-hydrogen) atoms. The maximum absolute atomic E-state index is 11.7. The van der Waals surface area contributed by atoms with Crippen molar-refractivity contribution in [3.05, 3.63) is 48.2 Å². The van der Waals surface area contributed by atoms with Crippen LogP contribution in [0.5, 0.6) is 0 Å². The fraction of sp³-hybridized carbons (Fsp3) is 0.200. The number of hydrogen-bond donors (Lipinski definition) is 2. The molecule has 0 aliphatic rings. The molecular formula is C15H18N4O4S. The summed E-state index contributed by atoms with van der Waals surface area (Å²) in [4.78, 5) is 15.5. The van der Waals surface area contributed by atoms with Crippen molar-refractivity contribution in [2.45, 2.75) is 0 Å². The lowest BCUT2D eigenvalue weighted by molar-refractivity contribution is 0.0601. The molecule has 0 unspecified atom stereocenters. The van der Waals surface area contributed by atoms with Crippen LogP contribution in [-0.2, 0) is 14.9 Å². The van der Waals surface area contributed by atoms with Gasteiger partial charge in [0.2, 0.25) is 0 Å². The van der Waals surface area contributed by atoms with Gasteiger partial charge in [-0.25, -0.2) is 9.78 Å². The van der Waals surface area contributed by atoms with Gasteiger partial charge in [-0.15, -0.1) is 0 Å². The van der Waals surface area contributed by atoms with Crippen LogP contribution in [-0.4, -0.2) is 44.9 Å². The van der Waals surface area contributed by atoms with Gasteiger partial charge < -0.3 is 10.1 Å². The molecule has 0 fully saturated rings. The molecule has 0 bridgehead atoms. The summed E-state index contributed by atoms with van der Waals surface area (Å²) in [5.74, 6) is 0.130. The molecule has 0 aliphatic carbocycles. The van der Waals surface area contributed by atoms with Crippen LogP contribution >= 0.6 is 0 Å². The second-order valence-corrected chi connectivity index (χ2v) is 6.90. The molecule has 2 N–H and O–H groups in total. The first-order chi connectivity index (χ1) is 11.3. The van der Waals surface area contributed by atoms with E-state index in [1.165, 1.54) is 27.4 Å². The Kier molecular flexibility index (Phi) is 5.37. The number of hydrogen-bond acceptors (Lipinski definition) is 6. The van der Waals surface area contributed by atoms with E-state index >= 15 is 0 Å². The summed E-state index contributed by atoms with van der Waals surface area (Å²) in [6.07, 6.45) is 1.41. The molecule has 1 heterocycles. The zero-order valence-electron chi connectivity index (χ0n) is 13.5. The molecule has 0 saturated heterocycles. The lowest BCUT2D eigenvalue weighted by atomic mass is 10.2. The lowest BCUT2D eigenvalue weighted by Gasteiger charge is -2.13. The van der Waals surface area contributed by atoms with Crippen molar-refractivity contribution in [1.29, 1.82) is 0 Å². The van der Waals surface area contributed by atoms with E-state index in [1.807, 2.05) is 0 Å². The predicted octanol–water partition coefficient (Wildman–Crippen LogP) is 1.83. The molecule has 0 aliphatic heterocycles. The van der Waals surface area contributed by atoms with Crippen LogP contribution in [0.2, 0.25) is 0 Å². The second kappa shape index (κ2) is 7.28. The number of nitrogens with zero attached hydrogens (tertiary/aromatic N) is 2. The molecule has 0 saturated carbocycles. The summed E-state index contributed by atoms with van der Waals surface area (Å²) in [6.45, 7) is 0. The number of carbonyl (C=O) groups is 1. The van der Waals surface area contributed by atoms with Crippen molar-refractivity contribution in [1.82, 2.24) is 9.29 Å². The highest BCUT2D eigenvalue weighted by atomic mass is 32.2. The summed E-state index contributed by atoms with van der Waals surface area (Å²) in [5.41, 5.74) is 1.54. The van der Waals surface area contributed by atoms with Crippen LogP contribution < -0.4 is 10.0 Å². The topological polar surface area (TPSA) is 101 Å². The fourth-order valence-corrected chi connectivity index (χ4v) is 2.32. The molecule has 8 nitrogen and oxygen atoms in total. The van der Waals surface area contributed by atoms with Gasteiger partial charge in [0.05, 0.1) is 24.6 Å². The standard InChI is InChI=1S/C15H18N4O4S/c1-19(2)24(21,22)18-13-8-9-14(16-10-13)17-12-6-4-11(5-7-12)15(20)23-3/h4-10,18H,1-3H3,(H,16,17). The minimum Gasteiger partial charge on any atom is -0.465 e. The average molecular weight is 350 g/mol. The van der Waals surface area contributed by atoms with Crippen LogP contribution in [0.4, 0.5) is 17.2 Å². The number of methoxy groups -OCH3 is 1. The van der Waals surface area contributed by atoms with Crippen LogP contribution in [0.25, 0.3) is 0 Å². The molecular weight excluding hydrogens is 332 g/mol. The Morgan fingerprint density at radius 3 is 2.21 bits per heavy atom. The first kappa shape index (κ1) is 17.7. The van der Waals surface area contributed by atoms with E-state index < -0.39 is 16.2 Å².